The van der Waals surface area contributed by atoms with Gasteiger partial charge in [0.25, 0.3) is 0 Å². The number of rotatable bonds is 6. The molecule has 146 valence electrons. The molecule has 0 N–H and O–H groups in total. The molecule has 0 aromatic heterocycles. The Bertz CT molecular complexity index is 697. The van der Waals surface area contributed by atoms with E-state index in [1.54, 1.807) is 0 Å². The van der Waals surface area contributed by atoms with Crippen LogP contribution in [0, 0.1) is 5.82 Å². The van der Waals surface area contributed by atoms with Gasteiger partial charge in [-0.25, -0.2) is 12.8 Å². The molecule has 2 fully saturated rings. The van der Waals surface area contributed by atoms with E-state index in [2.05, 4.69) is 0 Å². The van der Waals surface area contributed by atoms with Crippen molar-refractivity contribution in [2.45, 2.75) is 68.9 Å². The van der Waals surface area contributed by atoms with Crippen LogP contribution in [0.3, 0.4) is 0 Å². The van der Waals surface area contributed by atoms with Crippen molar-refractivity contribution in [3.8, 4) is 5.75 Å². The lowest BCUT2D eigenvalue weighted by atomic mass is 9.95. The summed E-state index contributed by atoms with van der Waals surface area (Å²) < 4.78 is 53.0. The third-order valence-electron chi connectivity index (χ3n) is 5.27. The first-order valence-corrected chi connectivity index (χ1v) is 11.0. The zero-order valence-corrected chi connectivity index (χ0v) is 16.1. The van der Waals surface area contributed by atoms with Gasteiger partial charge in [-0.15, -0.1) is 0 Å². The van der Waals surface area contributed by atoms with E-state index in [1.165, 1.54) is 16.4 Å². The van der Waals surface area contributed by atoms with Gasteiger partial charge in [0.2, 0.25) is 10.0 Å². The summed E-state index contributed by atoms with van der Waals surface area (Å²) in [5.74, 6) is -0.520. The lowest BCUT2D eigenvalue weighted by Gasteiger charge is -2.32. The van der Waals surface area contributed by atoms with Gasteiger partial charge in [0, 0.05) is 25.4 Å². The van der Waals surface area contributed by atoms with Crippen molar-refractivity contribution in [1.29, 1.82) is 0 Å². The van der Waals surface area contributed by atoms with Gasteiger partial charge < -0.3 is 9.47 Å². The summed E-state index contributed by atoms with van der Waals surface area (Å²) in [6, 6.07) is 4.00. The molecule has 1 aromatic carbocycles. The molecule has 1 aliphatic heterocycles. The molecule has 1 aliphatic carbocycles. The predicted octanol–water partition coefficient (Wildman–Crippen LogP) is 3.73. The maximum atomic E-state index is 14.5. The fraction of sp³-hybridized carbons (Fsp3) is 0.684. The van der Waals surface area contributed by atoms with Crippen LogP contribution < -0.4 is 4.74 Å². The Morgan fingerprint density at radius 3 is 2.46 bits per heavy atom. The van der Waals surface area contributed by atoms with Crippen LogP contribution in [0.1, 0.15) is 51.9 Å². The van der Waals surface area contributed by atoms with E-state index in [-0.39, 0.29) is 22.8 Å². The summed E-state index contributed by atoms with van der Waals surface area (Å²) >= 11 is 0. The zero-order valence-electron chi connectivity index (χ0n) is 15.3. The Labute approximate surface area is 155 Å². The van der Waals surface area contributed by atoms with Gasteiger partial charge in [-0.1, -0.05) is 26.2 Å². The van der Waals surface area contributed by atoms with Gasteiger partial charge in [0.15, 0.2) is 11.6 Å². The standard InChI is InChI=1S/C19H28FNO4S/c1-2-21(15-6-4-3-5-7-15)26(22,23)17-8-9-19(18(20)14-17)25-16-10-12-24-13-11-16/h8-9,14-16H,2-7,10-13H2,1H3. The predicted molar refractivity (Wildman–Crippen MR) is 97.3 cm³/mol. The van der Waals surface area contributed by atoms with Crippen molar-refractivity contribution < 1.29 is 22.3 Å². The first kappa shape index (κ1) is 19.6. The van der Waals surface area contributed by atoms with Crippen molar-refractivity contribution in [1.82, 2.24) is 4.31 Å². The van der Waals surface area contributed by atoms with Crippen molar-refractivity contribution in [3.05, 3.63) is 24.0 Å². The minimum Gasteiger partial charge on any atom is -0.487 e. The molecule has 1 saturated carbocycles. The SMILES string of the molecule is CCN(C1CCCCC1)S(=O)(=O)c1ccc(OC2CCOCC2)c(F)c1. The first-order valence-electron chi connectivity index (χ1n) is 9.58. The van der Waals surface area contributed by atoms with E-state index in [0.29, 0.717) is 32.6 Å². The van der Waals surface area contributed by atoms with Crippen LogP contribution in [-0.2, 0) is 14.8 Å². The minimum absolute atomic E-state index is 0.00162. The van der Waals surface area contributed by atoms with Crippen LogP contribution in [0.2, 0.25) is 0 Å². The molecule has 1 saturated heterocycles. The molecule has 0 bridgehead atoms. The summed E-state index contributed by atoms with van der Waals surface area (Å²) in [6.07, 6.45) is 6.33. The highest BCUT2D eigenvalue weighted by Crippen LogP contribution is 2.30. The lowest BCUT2D eigenvalue weighted by molar-refractivity contribution is 0.0240. The van der Waals surface area contributed by atoms with Crippen molar-refractivity contribution in [3.63, 3.8) is 0 Å². The number of nitrogens with zero attached hydrogens (tertiary/aromatic N) is 1. The van der Waals surface area contributed by atoms with Gasteiger partial charge in [-0.2, -0.15) is 4.31 Å². The number of halogens is 1. The summed E-state index contributed by atoms with van der Waals surface area (Å²) in [6.45, 7) is 3.44. The Morgan fingerprint density at radius 2 is 1.85 bits per heavy atom. The number of hydrogen-bond donors (Lipinski definition) is 0. The van der Waals surface area contributed by atoms with Gasteiger partial charge >= 0.3 is 0 Å². The molecule has 3 rings (SSSR count). The summed E-state index contributed by atoms with van der Waals surface area (Å²) in [4.78, 5) is 0.00162. The van der Waals surface area contributed by atoms with Crippen LogP contribution in [0.4, 0.5) is 4.39 Å². The van der Waals surface area contributed by atoms with Crippen LogP contribution in [0.15, 0.2) is 23.1 Å². The van der Waals surface area contributed by atoms with Crippen LogP contribution in [0.25, 0.3) is 0 Å². The summed E-state index contributed by atoms with van der Waals surface area (Å²) in [5.41, 5.74) is 0. The molecular formula is C19H28FNO4S. The average molecular weight is 386 g/mol. The van der Waals surface area contributed by atoms with Crippen molar-refractivity contribution >= 4 is 10.0 Å². The van der Waals surface area contributed by atoms with Crippen molar-refractivity contribution in [2.24, 2.45) is 0 Å². The first-order chi connectivity index (χ1) is 12.5. The third-order valence-corrected chi connectivity index (χ3v) is 7.29. The van der Waals surface area contributed by atoms with E-state index in [0.717, 1.165) is 38.2 Å². The molecule has 1 heterocycles. The Hall–Kier alpha value is -1.18. The number of benzene rings is 1. The number of ether oxygens (including phenoxy) is 2. The summed E-state index contributed by atoms with van der Waals surface area (Å²) in [7, 11) is -3.71. The van der Waals surface area contributed by atoms with Crippen LogP contribution in [-0.4, -0.2) is 44.6 Å². The van der Waals surface area contributed by atoms with Gasteiger partial charge in [0.1, 0.15) is 6.10 Å². The van der Waals surface area contributed by atoms with Gasteiger partial charge in [-0.3, -0.25) is 0 Å². The van der Waals surface area contributed by atoms with E-state index in [1.807, 2.05) is 6.92 Å². The molecule has 5 nitrogen and oxygen atoms in total. The highest BCUT2D eigenvalue weighted by molar-refractivity contribution is 7.89. The van der Waals surface area contributed by atoms with E-state index in [9.17, 15) is 12.8 Å². The normalized spacial score (nSPS) is 20.4. The van der Waals surface area contributed by atoms with Gasteiger partial charge in [0.05, 0.1) is 18.1 Å². The Balaban J connectivity index is 1.77. The van der Waals surface area contributed by atoms with E-state index in [4.69, 9.17) is 9.47 Å². The molecule has 0 amide bonds. The Morgan fingerprint density at radius 1 is 1.15 bits per heavy atom. The van der Waals surface area contributed by atoms with Crippen LogP contribution >= 0.6 is 0 Å². The maximum absolute atomic E-state index is 14.5. The number of sulfonamides is 1. The molecule has 0 atom stereocenters. The lowest BCUT2D eigenvalue weighted by Crippen LogP contribution is -2.41. The monoisotopic (exact) mass is 385 g/mol. The Kier molecular flexibility index (Phi) is 6.53. The summed E-state index contributed by atoms with van der Waals surface area (Å²) in [5, 5.41) is 0. The highest BCUT2D eigenvalue weighted by atomic mass is 32.2. The number of hydrogen-bond acceptors (Lipinski definition) is 4. The second kappa shape index (κ2) is 8.67. The molecular weight excluding hydrogens is 357 g/mol. The van der Waals surface area contributed by atoms with Crippen molar-refractivity contribution in [2.75, 3.05) is 19.8 Å². The third kappa shape index (κ3) is 4.38. The van der Waals surface area contributed by atoms with Crippen LogP contribution in [0.5, 0.6) is 5.75 Å². The molecule has 2 aliphatic rings. The second-order valence-corrected chi connectivity index (χ2v) is 8.91. The molecule has 26 heavy (non-hydrogen) atoms. The molecule has 0 unspecified atom stereocenters. The largest absolute Gasteiger partial charge is 0.487 e. The maximum Gasteiger partial charge on any atom is 0.243 e. The fourth-order valence-electron chi connectivity index (χ4n) is 3.84. The fourth-order valence-corrected chi connectivity index (χ4v) is 5.55. The second-order valence-electron chi connectivity index (χ2n) is 7.02. The molecule has 1 aromatic rings. The smallest absolute Gasteiger partial charge is 0.243 e. The molecule has 0 radical (unpaired) electrons. The van der Waals surface area contributed by atoms with E-state index >= 15 is 0 Å². The van der Waals surface area contributed by atoms with E-state index < -0.39 is 15.8 Å². The average Bonchev–Trinajstić information content (AvgIpc) is 2.65. The van der Waals surface area contributed by atoms with Gasteiger partial charge in [-0.05, 0) is 31.0 Å². The molecule has 0 spiro atoms. The minimum atomic E-state index is -3.71. The quantitative estimate of drug-likeness (QED) is 0.749. The molecule has 7 heteroatoms. The topological polar surface area (TPSA) is 55.8 Å². The highest BCUT2D eigenvalue weighted by Gasteiger charge is 2.31. The zero-order chi connectivity index (χ0) is 18.6.